The van der Waals surface area contributed by atoms with Crippen LogP contribution in [0.5, 0.6) is 0 Å². The maximum absolute atomic E-state index is 12.6. The van der Waals surface area contributed by atoms with Gasteiger partial charge in [0.05, 0.1) is 7.05 Å². The van der Waals surface area contributed by atoms with Crippen LogP contribution in [-0.4, -0.2) is 19.0 Å². The number of quaternary nitrogens is 1. The van der Waals surface area contributed by atoms with Crippen LogP contribution in [0.4, 0.5) is 5.69 Å². The molecule has 0 saturated carbocycles. The van der Waals surface area contributed by atoms with Crippen LogP contribution in [0.25, 0.3) is 0 Å². The highest BCUT2D eigenvalue weighted by Gasteiger charge is 2.23. The Labute approximate surface area is 138 Å². The highest BCUT2D eigenvalue weighted by Crippen LogP contribution is 2.21. The molecule has 0 aliphatic heterocycles. The fourth-order valence-electron chi connectivity index (χ4n) is 2.84. The third-order valence-corrected chi connectivity index (χ3v) is 4.31. The molecule has 2 atom stereocenters. The molecule has 4 nitrogen and oxygen atoms in total. The first-order valence-corrected chi connectivity index (χ1v) is 8.04. The molecule has 0 aliphatic carbocycles. The number of carbonyl (C=O) groups excluding carboxylic acids is 1. The first-order valence-electron chi connectivity index (χ1n) is 8.04. The standard InChI is InChI=1S/C19H26N2O2/c1-12-9-13(2)18(14(3)10-12)20-19(22)16(5)21(6)11-17-8-7-15(4)23-17/h7-10,16H,11H2,1-6H3,(H,20,22)/p+1/t16-/m1/s1. The predicted molar refractivity (Wildman–Crippen MR) is 92.8 cm³/mol. The van der Waals surface area contributed by atoms with E-state index in [0.29, 0.717) is 6.54 Å². The zero-order chi connectivity index (χ0) is 17.1. The Hall–Kier alpha value is -2.07. The molecule has 0 radical (unpaired) electrons. The van der Waals surface area contributed by atoms with E-state index in [-0.39, 0.29) is 11.9 Å². The number of furan rings is 1. The van der Waals surface area contributed by atoms with Crippen LogP contribution in [0.15, 0.2) is 28.7 Å². The summed E-state index contributed by atoms with van der Waals surface area (Å²) in [5.74, 6) is 1.83. The number of benzene rings is 1. The van der Waals surface area contributed by atoms with Gasteiger partial charge in [-0.1, -0.05) is 17.7 Å². The van der Waals surface area contributed by atoms with Gasteiger partial charge < -0.3 is 14.6 Å². The second-order valence-electron chi connectivity index (χ2n) is 6.52. The Balaban J connectivity index is 2.05. The number of aryl methyl sites for hydroxylation is 4. The average molecular weight is 315 g/mol. The quantitative estimate of drug-likeness (QED) is 0.891. The monoisotopic (exact) mass is 315 g/mol. The minimum Gasteiger partial charge on any atom is -0.460 e. The molecule has 0 spiro atoms. The third-order valence-electron chi connectivity index (χ3n) is 4.31. The normalized spacial score (nSPS) is 13.7. The molecular weight excluding hydrogens is 288 g/mol. The Morgan fingerprint density at radius 2 is 1.78 bits per heavy atom. The van der Waals surface area contributed by atoms with Crippen LogP contribution in [-0.2, 0) is 11.3 Å². The highest BCUT2D eigenvalue weighted by atomic mass is 16.3. The molecule has 1 amide bonds. The summed E-state index contributed by atoms with van der Waals surface area (Å²) in [4.78, 5) is 13.7. The molecule has 4 heteroatoms. The summed E-state index contributed by atoms with van der Waals surface area (Å²) in [6, 6.07) is 7.94. The lowest BCUT2D eigenvalue weighted by Gasteiger charge is -2.21. The maximum atomic E-state index is 12.6. The first-order chi connectivity index (χ1) is 10.8. The summed E-state index contributed by atoms with van der Waals surface area (Å²) in [5, 5.41) is 3.09. The van der Waals surface area contributed by atoms with Crippen LogP contribution in [0, 0.1) is 27.7 Å². The Bertz CT molecular complexity index is 680. The maximum Gasteiger partial charge on any atom is 0.282 e. The van der Waals surface area contributed by atoms with Crippen molar-refractivity contribution < 1.29 is 14.1 Å². The van der Waals surface area contributed by atoms with Crippen LogP contribution >= 0.6 is 0 Å². The number of anilines is 1. The van der Waals surface area contributed by atoms with Gasteiger partial charge in [0.15, 0.2) is 11.8 Å². The van der Waals surface area contributed by atoms with Gasteiger partial charge in [0.25, 0.3) is 5.91 Å². The van der Waals surface area contributed by atoms with Crippen molar-refractivity contribution in [2.45, 2.75) is 47.2 Å². The van der Waals surface area contributed by atoms with Crippen molar-refractivity contribution in [3.05, 3.63) is 52.5 Å². The van der Waals surface area contributed by atoms with Crippen molar-refractivity contribution in [2.24, 2.45) is 0 Å². The summed E-state index contributed by atoms with van der Waals surface area (Å²) in [5.41, 5.74) is 4.33. The molecule has 0 bridgehead atoms. The van der Waals surface area contributed by atoms with Crippen LogP contribution < -0.4 is 10.2 Å². The van der Waals surface area contributed by atoms with Crippen LogP contribution in [0.2, 0.25) is 0 Å². The van der Waals surface area contributed by atoms with Crippen molar-refractivity contribution in [1.82, 2.24) is 0 Å². The molecule has 1 aromatic heterocycles. The molecule has 2 N–H and O–H groups in total. The molecule has 2 aromatic rings. The topological polar surface area (TPSA) is 46.7 Å². The summed E-state index contributed by atoms with van der Waals surface area (Å²) >= 11 is 0. The van der Waals surface area contributed by atoms with E-state index >= 15 is 0 Å². The Morgan fingerprint density at radius 3 is 2.30 bits per heavy atom. The zero-order valence-electron chi connectivity index (χ0n) is 14.9. The van der Waals surface area contributed by atoms with Gasteiger partial charge in [-0.3, -0.25) is 4.79 Å². The Morgan fingerprint density at radius 1 is 1.17 bits per heavy atom. The number of carbonyl (C=O) groups is 1. The van der Waals surface area contributed by atoms with Gasteiger partial charge in [-0.2, -0.15) is 0 Å². The minimum absolute atomic E-state index is 0.0285. The number of nitrogens with one attached hydrogen (secondary N) is 2. The van der Waals surface area contributed by atoms with E-state index in [1.807, 2.05) is 46.9 Å². The lowest BCUT2D eigenvalue weighted by Crippen LogP contribution is -3.12. The van der Waals surface area contributed by atoms with Gasteiger partial charge in [0.2, 0.25) is 0 Å². The molecule has 124 valence electrons. The van der Waals surface area contributed by atoms with Gasteiger partial charge in [0, 0.05) is 5.69 Å². The van der Waals surface area contributed by atoms with E-state index in [1.54, 1.807) is 0 Å². The molecule has 1 aromatic carbocycles. The predicted octanol–water partition coefficient (Wildman–Crippen LogP) is 2.56. The molecule has 0 aliphatic rings. The number of rotatable bonds is 5. The van der Waals surface area contributed by atoms with E-state index in [0.717, 1.165) is 33.2 Å². The van der Waals surface area contributed by atoms with Crippen molar-refractivity contribution in [1.29, 1.82) is 0 Å². The number of likely N-dealkylation sites (N-methyl/N-ethyl adjacent to an activating group) is 1. The van der Waals surface area contributed by atoms with E-state index in [9.17, 15) is 4.79 Å². The SMILES string of the molecule is Cc1cc(C)c(NC(=O)[C@@H](C)[NH+](C)Cc2ccc(C)o2)c(C)c1. The number of hydrogen-bond donors (Lipinski definition) is 2. The number of hydrogen-bond acceptors (Lipinski definition) is 2. The second kappa shape index (κ2) is 7.01. The minimum atomic E-state index is -0.166. The van der Waals surface area contributed by atoms with Gasteiger partial charge in [-0.05, 0) is 57.9 Å². The zero-order valence-corrected chi connectivity index (χ0v) is 14.9. The van der Waals surface area contributed by atoms with Gasteiger partial charge in [-0.15, -0.1) is 0 Å². The smallest absolute Gasteiger partial charge is 0.282 e. The fraction of sp³-hybridized carbons (Fsp3) is 0.421. The molecule has 1 heterocycles. The van der Waals surface area contributed by atoms with Gasteiger partial charge >= 0.3 is 0 Å². The molecule has 0 fully saturated rings. The Kier molecular flexibility index (Phi) is 5.26. The van der Waals surface area contributed by atoms with Crippen LogP contribution in [0.1, 0.15) is 35.1 Å². The summed E-state index contributed by atoms with van der Waals surface area (Å²) in [7, 11) is 2.01. The second-order valence-corrected chi connectivity index (χ2v) is 6.52. The lowest BCUT2D eigenvalue weighted by molar-refractivity contribution is -0.908. The van der Waals surface area contributed by atoms with Crippen molar-refractivity contribution in [2.75, 3.05) is 12.4 Å². The highest BCUT2D eigenvalue weighted by molar-refractivity contribution is 5.95. The summed E-state index contributed by atoms with van der Waals surface area (Å²) in [6.45, 7) is 10.7. The summed E-state index contributed by atoms with van der Waals surface area (Å²) < 4.78 is 5.60. The molecule has 1 unspecified atom stereocenters. The van der Waals surface area contributed by atoms with Crippen molar-refractivity contribution in [3.8, 4) is 0 Å². The van der Waals surface area contributed by atoms with E-state index in [1.165, 1.54) is 5.56 Å². The van der Waals surface area contributed by atoms with Crippen LogP contribution in [0.3, 0.4) is 0 Å². The molecule has 23 heavy (non-hydrogen) atoms. The molecule has 0 saturated heterocycles. The largest absolute Gasteiger partial charge is 0.460 e. The first kappa shape index (κ1) is 17.3. The van der Waals surface area contributed by atoms with Crippen molar-refractivity contribution >= 4 is 11.6 Å². The summed E-state index contributed by atoms with van der Waals surface area (Å²) in [6.07, 6.45) is 0. The van der Waals surface area contributed by atoms with E-state index < -0.39 is 0 Å². The number of amides is 1. The fourth-order valence-corrected chi connectivity index (χ4v) is 2.84. The van der Waals surface area contributed by atoms with Gasteiger partial charge in [-0.25, -0.2) is 0 Å². The van der Waals surface area contributed by atoms with E-state index in [2.05, 4.69) is 24.4 Å². The van der Waals surface area contributed by atoms with Crippen molar-refractivity contribution in [3.63, 3.8) is 0 Å². The molecular formula is C19H27N2O2+. The average Bonchev–Trinajstić information content (AvgIpc) is 2.86. The van der Waals surface area contributed by atoms with Gasteiger partial charge in [0.1, 0.15) is 12.3 Å². The van der Waals surface area contributed by atoms with E-state index in [4.69, 9.17) is 4.42 Å². The lowest BCUT2D eigenvalue weighted by atomic mass is 10.0. The molecule has 2 rings (SSSR count). The third kappa shape index (κ3) is 4.23.